The molecule has 4 heteroatoms. The molecule has 0 aromatic carbocycles. The zero-order chi connectivity index (χ0) is 14.6. The van der Waals surface area contributed by atoms with Gasteiger partial charge in [-0.3, -0.25) is 0 Å². The second kappa shape index (κ2) is 6.14. The highest BCUT2D eigenvalue weighted by molar-refractivity contribution is 5.06. The molecule has 3 saturated heterocycles. The molecule has 0 aliphatic carbocycles. The molecule has 0 N–H and O–H groups in total. The number of ether oxygens (including phenoxy) is 3. The van der Waals surface area contributed by atoms with Crippen LogP contribution >= 0.6 is 0 Å². The Balaban J connectivity index is 2.06. The lowest BCUT2D eigenvalue weighted by molar-refractivity contribution is -0.497. The first-order valence-electron chi connectivity index (χ1n) is 7.41. The summed E-state index contributed by atoms with van der Waals surface area (Å²) in [6.07, 6.45) is 9.21. The minimum Gasteiger partial charge on any atom is -0.326 e. The lowest BCUT2D eigenvalue weighted by Crippen LogP contribution is -2.66. The molecule has 0 aromatic rings. The van der Waals surface area contributed by atoms with E-state index in [1.54, 1.807) is 0 Å². The van der Waals surface area contributed by atoms with Crippen LogP contribution in [0.3, 0.4) is 0 Å². The Bertz CT molecular complexity index is 412. The number of fused-ring (bicyclic) bond motifs is 3. The van der Waals surface area contributed by atoms with Crippen LogP contribution in [0.15, 0.2) is 0 Å². The summed E-state index contributed by atoms with van der Waals surface area (Å²) < 4.78 is 17.7. The highest BCUT2D eigenvalue weighted by Crippen LogP contribution is 2.49. The van der Waals surface area contributed by atoms with E-state index in [4.69, 9.17) is 20.6 Å². The van der Waals surface area contributed by atoms with Crippen LogP contribution in [0.25, 0.3) is 0 Å². The SMILES string of the molecule is C#CCCCC(C)C12OCC(CCC)(CO1)C(C#N)O2. The Morgan fingerprint density at radius 3 is 2.65 bits per heavy atom. The van der Waals surface area contributed by atoms with Gasteiger partial charge in [-0.05, 0) is 19.3 Å². The molecular weight excluding hydrogens is 254 g/mol. The molecule has 20 heavy (non-hydrogen) atoms. The van der Waals surface area contributed by atoms with Crippen LogP contribution < -0.4 is 0 Å². The highest BCUT2D eigenvalue weighted by atomic mass is 16.9. The second-order valence-corrected chi connectivity index (χ2v) is 5.92. The van der Waals surface area contributed by atoms with E-state index in [2.05, 4.69) is 18.9 Å². The van der Waals surface area contributed by atoms with Gasteiger partial charge in [-0.15, -0.1) is 12.3 Å². The van der Waals surface area contributed by atoms with Crippen molar-refractivity contribution in [2.24, 2.45) is 11.3 Å². The van der Waals surface area contributed by atoms with E-state index in [0.717, 1.165) is 32.1 Å². The average Bonchev–Trinajstić information content (AvgIpc) is 2.48. The monoisotopic (exact) mass is 277 g/mol. The maximum Gasteiger partial charge on any atom is 0.286 e. The Morgan fingerprint density at radius 1 is 1.40 bits per heavy atom. The van der Waals surface area contributed by atoms with E-state index in [-0.39, 0.29) is 11.3 Å². The molecule has 2 unspecified atom stereocenters. The summed E-state index contributed by atoms with van der Waals surface area (Å²) >= 11 is 0. The first kappa shape index (κ1) is 15.3. The number of nitrogens with zero attached hydrogens (tertiary/aromatic N) is 1. The third-order valence-electron chi connectivity index (χ3n) is 4.39. The van der Waals surface area contributed by atoms with Gasteiger partial charge in [0.05, 0.1) is 24.7 Å². The van der Waals surface area contributed by atoms with Crippen LogP contribution in [0.2, 0.25) is 0 Å². The minimum atomic E-state index is -1.05. The van der Waals surface area contributed by atoms with E-state index in [1.807, 2.05) is 6.92 Å². The first-order chi connectivity index (χ1) is 9.62. The van der Waals surface area contributed by atoms with Crippen molar-refractivity contribution in [1.82, 2.24) is 0 Å². The fourth-order valence-electron chi connectivity index (χ4n) is 3.11. The van der Waals surface area contributed by atoms with Crippen molar-refractivity contribution in [2.45, 2.75) is 58.0 Å². The molecule has 0 amide bonds. The molecule has 3 heterocycles. The van der Waals surface area contributed by atoms with Gasteiger partial charge in [0.2, 0.25) is 0 Å². The Labute approximate surface area is 121 Å². The Hall–Kier alpha value is -1.07. The van der Waals surface area contributed by atoms with E-state index >= 15 is 0 Å². The summed E-state index contributed by atoms with van der Waals surface area (Å²) in [5.74, 6) is 1.64. The molecule has 3 fully saturated rings. The van der Waals surface area contributed by atoms with Crippen LogP contribution in [-0.2, 0) is 14.2 Å². The molecule has 3 aliphatic heterocycles. The van der Waals surface area contributed by atoms with Gasteiger partial charge in [-0.25, -0.2) is 0 Å². The molecule has 0 radical (unpaired) electrons. The smallest absolute Gasteiger partial charge is 0.286 e. The summed E-state index contributed by atoms with van der Waals surface area (Å²) in [5, 5.41) is 9.40. The summed E-state index contributed by atoms with van der Waals surface area (Å²) in [6.45, 7) is 5.21. The zero-order valence-electron chi connectivity index (χ0n) is 12.4. The lowest BCUT2D eigenvalue weighted by atomic mass is 9.77. The number of unbranched alkanes of at least 4 members (excludes halogenated alkanes) is 1. The van der Waals surface area contributed by atoms with Crippen molar-refractivity contribution in [3.8, 4) is 18.4 Å². The largest absolute Gasteiger partial charge is 0.326 e. The number of hydrogen-bond acceptors (Lipinski definition) is 4. The standard InChI is InChI=1S/C16H23NO3/c1-4-6-7-8-13(3)16-18-11-15(9-5-2,12-19-16)14(10-17)20-16/h1,13-14H,5-9,11-12H2,2-3H3. The van der Waals surface area contributed by atoms with Gasteiger partial charge in [0.15, 0.2) is 6.10 Å². The number of nitriles is 1. The van der Waals surface area contributed by atoms with Crippen LogP contribution in [-0.4, -0.2) is 25.3 Å². The van der Waals surface area contributed by atoms with Crippen molar-refractivity contribution < 1.29 is 14.2 Å². The molecule has 110 valence electrons. The van der Waals surface area contributed by atoms with Crippen LogP contribution in [0.1, 0.15) is 46.0 Å². The first-order valence-corrected chi connectivity index (χ1v) is 7.41. The van der Waals surface area contributed by atoms with E-state index in [9.17, 15) is 5.26 Å². The molecular formula is C16H23NO3. The predicted molar refractivity (Wildman–Crippen MR) is 74.3 cm³/mol. The molecule has 3 aliphatic rings. The van der Waals surface area contributed by atoms with E-state index in [1.165, 1.54) is 0 Å². The summed E-state index contributed by atoms with van der Waals surface area (Å²) in [7, 11) is 0. The summed E-state index contributed by atoms with van der Waals surface area (Å²) in [5.41, 5.74) is -0.302. The summed E-state index contributed by atoms with van der Waals surface area (Å²) in [4.78, 5) is 0. The second-order valence-electron chi connectivity index (χ2n) is 5.92. The molecule has 0 aromatic heterocycles. The molecule has 0 saturated carbocycles. The van der Waals surface area contributed by atoms with Crippen molar-refractivity contribution in [3.05, 3.63) is 0 Å². The number of terminal acetylenes is 1. The van der Waals surface area contributed by atoms with Crippen molar-refractivity contribution >= 4 is 0 Å². The third kappa shape index (κ3) is 2.56. The van der Waals surface area contributed by atoms with E-state index < -0.39 is 12.1 Å². The van der Waals surface area contributed by atoms with Crippen LogP contribution in [0.5, 0.6) is 0 Å². The zero-order valence-corrected chi connectivity index (χ0v) is 12.4. The fourth-order valence-corrected chi connectivity index (χ4v) is 3.11. The topological polar surface area (TPSA) is 51.5 Å². The van der Waals surface area contributed by atoms with Crippen molar-refractivity contribution in [1.29, 1.82) is 5.26 Å². The molecule has 4 nitrogen and oxygen atoms in total. The van der Waals surface area contributed by atoms with Crippen molar-refractivity contribution in [2.75, 3.05) is 13.2 Å². The van der Waals surface area contributed by atoms with Gasteiger partial charge in [-0.1, -0.05) is 20.3 Å². The van der Waals surface area contributed by atoms with Crippen LogP contribution in [0, 0.1) is 35.0 Å². The quantitative estimate of drug-likeness (QED) is 0.553. The molecule has 2 atom stereocenters. The maximum atomic E-state index is 9.40. The highest BCUT2D eigenvalue weighted by Gasteiger charge is 2.59. The molecule has 0 spiro atoms. The lowest BCUT2D eigenvalue weighted by Gasteiger charge is -2.56. The Morgan fingerprint density at radius 2 is 2.10 bits per heavy atom. The van der Waals surface area contributed by atoms with Gasteiger partial charge in [0.25, 0.3) is 5.97 Å². The van der Waals surface area contributed by atoms with Gasteiger partial charge in [0.1, 0.15) is 0 Å². The van der Waals surface area contributed by atoms with Gasteiger partial charge >= 0.3 is 0 Å². The third-order valence-corrected chi connectivity index (χ3v) is 4.39. The maximum absolute atomic E-state index is 9.40. The minimum absolute atomic E-state index is 0.0617. The summed E-state index contributed by atoms with van der Waals surface area (Å²) in [6, 6.07) is 2.29. The van der Waals surface area contributed by atoms with Gasteiger partial charge in [0, 0.05) is 12.3 Å². The Kier molecular flexibility index (Phi) is 4.70. The predicted octanol–water partition coefficient (Wildman–Crippen LogP) is 2.84. The van der Waals surface area contributed by atoms with Gasteiger partial charge in [-0.2, -0.15) is 5.26 Å². The van der Waals surface area contributed by atoms with Crippen molar-refractivity contribution in [3.63, 3.8) is 0 Å². The molecule has 2 bridgehead atoms. The van der Waals surface area contributed by atoms with E-state index in [0.29, 0.717) is 13.2 Å². The van der Waals surface area contributed by atoms with Gasteiger partial charge < -0.3 is 14.2 Å². The number of rotatable bonds is 6. The average molecular weight is 277 g/mol. The normalized spacial score (nSPS) is 37.1. The fraction of sp³-hybridized carbons (Fsp3) is 0.812. The number of hydrogen-bond donors (Lipinski definition) is 0. The van der Waals surface area contributed by atoms with Crippen LogP contribution in [0.4, 0.5) is 0 Å². The molecule has 3 rings (SSSR count).